The number of nitrogens with one attached hydrogen (secondary N) is 2. The minimum Gasteiger partial charge on any atom is -0.457 e. The molecule has 0 atom stereocenters. The maximum absolute atomic E-state index is 13.0. The van der Waals surface area contributed by atoms with Crippen LogP contribution in [-0.4, -0.2) is 31.7 Å². The molecule has 0 radical (unpaired) electrons. The van der Waals surface area contributed by atoms with Crippen LogP contribution in [-0.2, 0) is 16.1 Å². The lowest BCUT2D eigenvalue weighted by Gasteiger charge is -2.34. The standard InChI is InChI=1S/C21H25FN2O3/c1-15-13-16(3-8-19(15)27-18-6-4-17(22)5-7-18)14-24-20(25)21(26-2)9-11-23-12-10-21/h3-8,13,23H,9-12,14H2,1-2H3,(H,24,25). The SMILES string of the molecule is COC1(C(=O)NCc2ccc(Oc3ccc(F)cc3)c(C)c2)CCNCC1. The molecule has 5 nitrogen and oxygen atoms in total. The number of carbonyl (C=O) groups is 1. The number of amides is 1. The summed E-state index contributed by atoms with van der Waals surface area (Å²) in [4.78, 5) is 12.6. The van der Waals surface area contributed by atoms with Gasteiger partial charge >= 0.3 is 0 Å². The zero-order chi connectivity index (χ0) is 19.3. The first-order chi connectivity index (χ1) is 13.0. The Bertz CT molecular complexity index is 787. The normalized spacial score (nSPS) is 16.0. The lowest BCUT2D eigenvalue weighted by atomic mass is 9.91. The van der Waals surface area contributed by atoms with Gasteiger partial charge in [0, 0.05) is 13.7 Å². The second-order valence-electron chi connectivity index (χ2n) is 6.79. The molecule has 27 heavy (non-hydrogen) atoms. The van der Waals surface area contributed by atoms with Gasteiger partial charge in [0.05, 0.1) is 0 Å². The Morgan fingerprint density at radius 1 is 1.19 bits per heavy atom. The first-order valence-corrected chi connectivity index (χ1v) is 9.09. The van der Waals surface area contributed by atoms with Gasteiger partial charge in [-0.3, -0.25) is 4.79 Å². The van der Waals surface area contributed by atoms with Crippen molar-refractivity contribution in [3.8, 4) is 11.5 Å². The topological polar surface area (TPSA) is 59.6 Å². The zero-order valence-corrected chi connectivity index (χ0v) is 15.7. The minimum atomic E-state index is -0.744. The molecule has 3 rings (SSSR count). The molecule has 0 spiro atoms. The number of halogens is 1. The fourth-order valence-corrected chi connectivity index (χ4v) is 3.26. The number of aryl methyl sites for hydroxylation is 1. The average molecular weight is 372 g/mol. The van der Waals surface area contributed by atoms with Crippen molar-refractivity contribution in [3.63, 3.8) is 0 Å². The maximum atomic E-state index is 13.0. The summed E-state index contributed by atoms with van der Waals surface area (Å²) >= 11 is 0. The minimum absolute atomic E-state index is 0.0733. The van der Waals surface area contributed by atoms with Gasteiger partial charge in [0.1, 0.15) is 22.9 Å². The third kappa shape index (κ3) is 4.64. The van der Waals surface area contributed by atoms with Crippen LogP contribution < -0.4 is 15.4 Å². The van der Waals surface area contributed by atoms with Crippen molar-refractivity contribution in [2.45, 2.75) is 31.9 Å². The first-order valence-electron chi connectivity index (χ1n) is 9.09. The van der Waals surface area contributed by atoms with Crippen LogP contribution >= 0.6 is 0 Å². The molecule has 6 heteroatoms. The number of piperidine rings is 1. The van der Waals surface area contributed by atoms with Crippen molar-refractivity contribution in [1.29, 1.82) is 0 Å². The zero-order valence-electron chi connectivity index (χ0n) is 15.7. The highest BCUT2D eigenvalue weighted by Crippen LogP contribution is 2.26. The molecule has 2 aromatic rings. The summed E-state index contributed by atoms with van der Waals surface area (Å²) in [6.45, 7) is 3.91. The van der Waals surface area contributed by atoms with Crippen LogP contribution in [0.1, 0.15) is 24.0 Å². The van der Waals surface area contributed by atoms with Gasteiger partial charge in [-0.25, -0.2) is 4.39 Å². The smallest absolute Gasteiger partial charge is 0.252 e. The van der Waals surface area contributed by atoms with Gasteiger partial charge in [-0.2, -0.15) is 0 Å². The van der Waals surface area contributed by atoms with Crippen molar-refractivity contribution in [1.82, 2.24) is 10.6 Å². The average Bonchev–Trinajstić information content (AvgIpc) is 2.70. The molecule has 1 amide bonds. The number of hydrogen-bond acceptors (Lipinski definition) is 4. The lowest BCUT2D eigenvalue weighted by Crippen LogP contribution is -2.53. The Balaban J connectivity index is 1.62. The van der Waals surface area contributed by atoms with Crippen molar-refractivity contribution >= 4 is 5.91 Å². The second-order valence-corrected chi connectivity index (χ2v) is 6.79. The number of methoxy groups -OCH3 is 1. The van der Waals surface area contributed by atoms with E-state index < -0.39 is 5.60 Å². The van der Waals surface area contributed by atoms with Gasteiger partial charge in [-0.05, 0) is 74.3 Å². The summed E-state index contributed by atoms with van der Waals surface area (Å²) in [6, 6.07) is 11.6. The fraction of sp³-hybridized carbons (Fsp3) is 0.381. The number of rotatable bonds is 6. The molecule has 0 aromatic heterocycles. The Kier molecular flexibility index (Phi) is 6.08. The quantitative estimate of drug-likeness (QED) is 0.817. The van der Waals surface area contributed by atoms with Crippen LogP contribution in [0, 0.1) is 12.7 Å². The molecule has 144 valence electrons. The van der Waals surface area contributed by atoms with E-state index in [1.165, 1.54) is 12.1 Å². The molecule has 2 aromatic carbocycles. The highest BCUT2D eigenvalue weighted by Gasteiger charge is 2.39. The van der Waals surface area contributed by atoms with E-state index in [9.17, 15) is 9.18 Å². The van der Waals surface area contributed by atoms with Gasteiger partial charge in [0.2, 0.25) is 0 Å². The molecule has 1 fully saturated rings. The van der Waals surface area contributed by atoms with E-state index in [4.69, 9.17) is 9.47 Å². The van der Waals surface area contributed by atoms with Gasteiger partial charge in [-0.15, -0.1) is 0 Å². The summed E-state index contributed by atoms with van der Waals surface area (Å²) in [6.07, 6.45) is 1.33. The monoisotopic (exact) mass is 372 g/mol. The maximum Gasteiger partial charge on any atom is 0.252 e. The molecule has 1 saturated heterocycles. The fourth-order valence-electron chi connectivity index (χ4n) is 3.26. The number of carbonyl (C=O) groups excluding carboxylic acids is 1. The largest absolute Gasteiger partial charge is 0.457 e. The molecule has 1 aliphatic heterocycles. The van der Waals surface area contributed by atoms with E-state index >= 15 is 0 Å². The summed E-state index contributed by atoms with van der Waals surface area (Å²) in [5, 5.41) is 6.23. The van der Waals surface area contributed by atoms with E-state index in [0.29, 0.717) is 30.9 Å². The lowest BCUT2D eigenvalue weighted by molar-refractivity contribution is -0.146. The van der Waals surface area contributed by atoms with Crippen LogP contribution in [0.2, 0.25) is 0 Å². The van der Waals surface area contributed by atoms with E-state index in [0.717, 1.165) is 24.2 Å². The number of hydrogen-bond donors (Lipinski definition) is 2. The molecule has 2 N–H and O–H groups in total. The van der Waals surface area contributed by atoms with E-state index in [1.54, 1.807) is 19.2 Å². The van der Waals surface area contributed by atoms with Gasteiger partial charge in [0.25, 0.3) is 5.91 Å². The number of ether oxygens (including phenoxy) is 2. The number of benzene rings is 2. The highest BCUT2D eigenvalue weighted by atomic mass is 19.1. The van der Waals surface area contributed by atoms with Gasteiger partial charge in [0.15, 0.2) is 0 Å². The van der Waals surface area contributed by atoms with Crippen LogP contribution in [0.3, 0.4) is 0 Å². The van der Waals surface area contributed by atoms with Crippen molar-refractivity contribution in [3.05, 3.63) is 59.4 Å². The molecule has 0 saturated carbocycles. The molecular weight excluding hydrogens is 347 g/mol. The molecule has 1 aliphatic rings. The Morgan fingerprint density at radius 2 is 1.89 bits per heavy atom. The van der Waals surface area contributed by atoms with Crippen LogP contribution in [0.5, 0.6) is 11.5 Å². The predicted molar refractivity (Wildman–Crippen MR) is 101 cm³/mol. The third-order valence-electron chi connectivity index (χ3n) is 4.95. The summed E-state index contributed by atoms with van der Waals surface area (Å²) < 4.78 is 24.3. The molecule has 0 aliphatic carbocycles. The Labute approximate surface area is 158 Å². The van der Waals surface area contributed by atoms with E-state index in [2.05, 4.69) is 10.6 Å². The Hall–Kier alpha value is -2.44. The van der Waals surface area contributed by atoms with Crippen LogP contribution in [0.25, 0.3) is 0 Å². The summed E-state index contributed by atoms with van der Waals surface area (Å²) in [7, 11) is 1.59. The van der Waals surface area contributed by atoms with Crippen molar-refractivity contribution in [2.24, 2.45) is 0 Å². The Morgan fingerprint density at radius 3 is 2.52 bits per heavy atom. The second kappa shape index (κ2) is 8.50. The van der Waals surface area contributed by atoms with Crippen LogP contribution in [0.4, 0.5) is 4.39 Å². The van der Waals surface area contributed by atoms with Crippen molar-refractivity contribution in [2.75, 3.05) is 20.2 Å². The van der Waals surface area contributed by atoms with Crippen molar-refractivity contribution < 1.29 is 18.7 Å². The van der Waals surface area contributed by atoms with Crippen LogP contribution in [0.15, 0.2) is 42.5 Å². The van der Waals surface area contributed by atoms with E-state index in [-0.39, 0.29) is 11.7 Å². The summed E-state index contributed by atoms with van der Waals surface area (Å²) in [5.74, 6) is 0.903. The third-order valence-corrected chi connectivity index (χ3v) is 4.95. The highest BCUT2D eigenvalue weighted by molar-refractivity contribution is 5.85. The molecule has 1 heterocycles. The van der Waals surface area contributed by atoms with Gasteiger partial charge < -0.3 is 20.1 Å². The predicted octanol–water partition coefficient (Wildman–Crippen LogP) is 3.31. The summed E-state index contributed by atoms with van der Waals surface area (Å²) in [5.41, 5.74) is 1.17. The molecular formula is C21H25FN2O3. The molecule has 0 unspecified atom stereocenters. The first kappa shape index (κ1) is 19.3. The molecule has 0 bridgehead atoms. The van der Waals surface area contributed by atoms with Gasteiger partial charge in [-0.1, -0.05) is 12.1 Å². The van der Waals surface area contributed by atoms with E-state index in [1.807, 2.05) is 25.1 Å².